The van der Waals surface area contributed by atoms with Crippen molar-refractivity contribution in [3.05, 3.63) is 29.0 Å². The van der Waals surface area contributed by atoms with E-state index in [1.807, 2.05) is 4.90 Å². The maximum Gasteiger partial charge on any atom is 0.254 e. The number of rotatable bonds is 2. The van der Waals surface area contributed by atoms with Crippen molar-refractivity contribution >= 4 is 17.5 Å². The van der Waals surface area contributed by atoms with E-state index in [-0.39, 0.29) is 17.6 Å². The second kappa shape index (κ2) is 4.43. The molecule has 1 aromatic heterocycles. The first-order chi connectivity index (χ1) is 9.70. The molecule has 3 aliphatic rings. The lowest BCUT2D eigenvalue weighted by Gasteiger charge is -2.55. The maximum absolute atomic E-state index is 12.6. The third-order valence-corrected chi connectivity index (χ3v) is 4.96. The summed E-state index contributed by atoms with van der Waals surface area (Å²) >= 11 is 5.88. The van der Waals surface area contributed by atoms with Crippen LogP contribution in [-0.4, -0.2) is 40.6 Å². The van der Waals surface area contributed by atoms with E-state index in [1.54, 1.807) is 18.3 Å². The van der Waals surface area contributed by atoms with Crippen molar-refractivity contribution in [1.29, 1.82) is 0 Å². The van der Waals surface area contributed by atoms with Crippen LogP contribution in [0.1, 0.15) is 36.0 Å². The van der Waals surface area contributed by atoms with Gasteiger partial charge >= 0.3 is 0 Å². The summed E-state index contributed by atoms with van der Waals surface area (Å²) in [5.74, 6) is 0.690. The predicted octanol–water partition coefficient (Wildman–Crippen LogP) is 2.52. The zero-order valence-electron chi connectivity index (χ0n) is 11.2. The minimum atomic E-state index is -0.0480. The molecule has 1 amide bonds. The molecular formula is C15H17ClN2O2. The number of amides is 1. The molecule has 1 aromatic rings. The largest absolute Gasteiger partial charge is 0.371 e. The van der Waals surface area contributed by atoms with Crippen LogP contribution >= 0.6 is 11.6 Å². The van der Waals surface area contributed by atoms with Crippen molar-refractivity contribution in [1.82, 2.24) is 9.88 Å². The van der Waals surface area contributed by atoms with E-state index in [0.717, 1.165) is 26.0 Å². The fourth-order valence-electron chi connectivity index (χ4n) is 3.72. The molecule has 2 atom stereocenters. The van der Waals surface area contributed by atoms with Gasteiger partial charge in [0.05, 0.1) is 12.6 Å². The van der Waals surface area contributed by atoms with E-state index >= 15 is 0 Å². The van der Waals surface area contributed by atoms with Gasteiger partial charge in [0, 0.05) is 18.4 Å². The molecule has 3 fully saturated rings. The number of hydrogen-bond acceptors (Lipinski definition) is 3. The van der Waals surface area contributed by atoms with E-state index in [9.17, 15) is 4.79 Å². The normalized spacial score (nSPS) is 32.5. The molecule has 20 heavy (non-hydrogen) atoms. The van der Waals surface area contributed by atoms with E-state index in [0.29, 0.717) is 16.6 Å². The second-order valence-corrected chi connectivity index (χ2v) is 6.49. The first-order valence-corrected chi connectivity index (χ1v) is 7.64. The van der Waals surface area contributed by atoms with Gasteiger partial charge in [0.15, 0.2) is 0 Å². The van der Waals surface area contributed by atoms with Gasteiger partial charge in [-0.3, -0.25) is 4.79 Å². The molecule has 0 N–H and O–H groups in total. The van der Waals surface area contributed by atoms with Gasteiger partial charge in [0.2, 0.25) is 0 Å². The molecule has 1 spiro atoms. The predicted molar refractivity (Wildman–Crippen MR) is 74.7 cm³/mol. The van der Waals surface area contributed by atoms with E-state index in [4.69, 9.17) is 16.3 Å². The SMILES string of the molecule is O=C(c1ccnc(Cl)c1)N1C[C@]2(CCCO2)[C@@H]1C1CC1. The summed E-state index contributed by atoms with van der Waals surface area (Å²) < 4.78 is 6.00. The number of ether oxygens (including phenoxy) is 1. The van der Waals surface area contributed by atoms with Crippen LogP contribution in [0.25, 0.3) is 0 Å². The Morgan fingerprint density at radius 1 is 1.50 bits per heavy atom. The third-order valence-electron chi connectivity index (χ3n) is 4.75. The van der Waals surface area contributed by atoms with Crippen LogP contribution in [0.15, 0.2) is 18.3 Å². The maximum atomic E-state index is 12.6. The molecule has 106 valence electrons. The van der Waals surface area contributed by atoms with E-state index in [1.165, 1.54) is 12.8 Å². The average Bonchev–Trinajstić information content (AvgIpc) is 3.09. The second-order valence-electron chi connectivity index (χ2n) is 6.10. The standard InChI is InChI=1S/C15H17ClN2O2/c16-12-8-11(4-6-17-12)14(19)18-9-15(5-1-7-20-15)13(18)10-2-3-10/h4,6,8,10,13H,1-3,5,7,9H2/t13-,15+/m0/s1. The van der Waals surface area contributed by atoms with Crippen molar-refractivity contribution in [2.75, 3.05) is 13.2 Å². The van der Waals surface area contributed by atoms with E-state index in [2.05, 4.69) is 4.98 Å². The van der Waals surface area contributed by atoms with Crippen LogP contribution in [0.5, 0.6) is 0 Å². The molecule has 3 heterocycles. The van der Waals surface area contributed by atoms with Gasteiger partial charge in [-0.25, -0.2) is 4.98 Å². The van der Waals surface area contributed by atoms with Gasteiger partial charge in [-0.2, -0.15) is 0 Å². The highest BCUT2D eigenvalue weighted by Gasteiger charge is 2.61. The number of hydrogen-bond donors (Lipinski definition) is 0. The Bertz CT molecular complexity index is 553. The summed E-state index contributed by atoms with van der Waals surface area (Å²) in [6, 6.07) is 3.65. The van der Waals surface area contributed by atoms with Gasteiger partial charge in [0.1, 0.15) is 10.8 Å². The minimum absolute atomic E-state index is 0.0480. The number of pyridine rings is 1. The van der Waals surface area contributed by atoms with E-state index < -0.39 is 0 Å². The average molecular weight is 293 g/mol. The summed E-state index contributed by atoms with van der Waals surface area (Å²) in [4.78, 5) is 18.6. The zero-order chi connectivity index (χ0) is 13.7. The summed E-state index contributed by atoms with van der Waals surface area (Å²) in [5, 5.41) is 0.367. The van der Waals surface area contributed by atoms with Crippen LogP contribution in [0.3, 0.4) is 0 Å². The van der Waals surface area contributed by atoms with Crippen molar-refractivity contribution in [2.45, 2.75) is 37.3 Å². The summed E-state index contributed by atoms with van der Waals surface area (Å²) in [7, 11) is 0. The Morgan fingerprint density at radius 3 is 3.00 bits per heavy atom. The highest BCUT2D eigenvalue weighted by molar-refractivity contribution is 6.29. The lowest BCUT2D eigenvalue weighted by atomic mass is 9.77. The molecule has 1 aliphatic carbocycles. The molecule has 1 saturated carbocycles. The van der Waals surface area contributed by atoms with Crippen LogP contribution in [-0.2, 0) is 4.74 Å². The summed E-state index contributed by atoms with van der Waals surface area (Å²) in [6.45, 7) is 1.57. The number of nitrogens with zero attached hydrogens (tertiary/aromatic N) is 2. The molecule has 4 rings (SSSR count). The fraction of sp³-hybridized carbons (Fsp3) is 0.600. The lowest BCUT2D eigenvalue weighted by Crippen LogP contribution is -2.71. The topological polar surface area (TPSA) is 42.4 Å². The Labute approximate surface area is 123 Å². The Hall–Kier alpha value is -1.13. The number of likely N-dealkylation sites (tertiary alicyclic amines) is 1. The summed E-state index contributed by atoms with van der Waals surface area (Å²) in [5.41, 5.74) is 0.580. The van der Waals surface area contributed by atoms with Crippen molar-refractivity contribution in [3.63, 3.8) is 0 Å². The molecule has 2 aliphatic heterocycles. The number of carbonyl (C=O) groups excluding carboxylic acids is 1. The molecule has 0 aromatic carbocycles. The number of halogens is 1. The van der Waals surface area contributed by atoms with Crippen LogP contribution < -0.4 is 0 Å². The fourth-order valence-corrected chi connectivity index (χ4v) is 3.90. The van der Waals surface area contributed by atoms with Gasteiger partial charge < -0.3 is 9.64 Å². The summed E-state index contributed by atoms with van der Waals surface area (Å²) in [6.07, 6.45) is 6.23. The molecule has 2 saturated heterocycles. The smallest absolute Gasteiger partial charge is 0.254 e. The monoisotopic (exact) mass is 292 g/mol. The Balaban J connectivity index is 1.58. The van der Waals surface area contributed by atoms with Crippen LogP contribution in [0.4, 0.5) is 0 Å². The molecule has 4 nitrogen and oxygen atoms in total. The Kier molecular flexibility index (Phi) is 2.79. The number of carbonyl (C=O) groups is 1. The van der Waals surface area contributed by atoms with Crippen molar-refractivity contribution in [2.24, 2.45) is 5.92 Å². The van der Waals surface area contributed by atoms with Crippen LogP contribution in [0.2, 0.25) is 5.15 Å². The zero-order valence-corrected chi connectivity index (χ0v) is 12.0. The van der Waals surface area contributed by atoms with Crippen molar-refractivity contribution in [3.8, 4) is 0 Å². The highest BCUT2D eigenvalue weighted by atomic mass is 35.5. The quantitative estimate of drug-likeness (QED) is 0.787. The minimum Gasteiger partial charge on any atom is -0.371 e. The Morgan fingerprint density at radius 2 is 2.35 bits per heavy atom. The number of aromatic nitrogens is 1. The van der Waals surface area contributed by atoms with Crippen LogP contribution in [0, 0.1) is 5.92 Å². The van der Waals surface area contributed by atoms with Crippen molar-refractivity contribution < 1.29 is 9.53 Å². The van der Waals surface area contributed by atoms with Gasteiger partial charge in [-0.05, 0) is 43.7 Å². The van der Waals surface area contributed by atoms with Gasteiger partial charge in [-0.15, -0.1) is 0 Å². The molecule has 0 radical (unpaired) electrons. The van der Waals surface area contributed by atoms with Gasteiger partial charge in [-0.1, -0.05) is 11.6 Å². The molecule has 5 heteroatoms. The molecule has 0 bridgehead atoms. The molecular weight excluding hydrogens is 276 g/mol. The highest BCUT2D eigenvalue weighted by Crippen LogP contribution is 2.51. The first kappa shape index (κ1) is 12.6. The van der Waals surface area contributed by atoms with Gasteiger partial charge in [0.25, 0.3) is 5.91 Å². The first-order valence-electron chi connectivity index (χ1n) is 7.26. The lowest BCUT2D eigenvalue weighted by molar-refractivity contribution is -0.149. The molecule has 0 unspecified atom stereocenters. The third kappa shape index (κ3) is 1.85.